The summed E-state index contributed by atoms with van der Waals surface area (Å²) in [6.45, 7) is 1.68. The molecular formula is C11H12ClN3O4. The number of fused-ring (bicyclic) bond motifs is 1. The van der Waals surface area contributed by atoms with Crippen molar-refractivity contribution in [1.82, 2.24) is 10.3 Å². The number of nitro benzene ring substituents is 1. The fourth-order valence-corrected chi connectivity index (χ4v) is 1.93. The van der Waals surface area contributed by atoms with E-state index >= 15 is 0 Å². The van der Waals surface area contributed by atoms with Gasteiger partial charge in [0.1, 0.15) is 11.6 Å². The Morgan fingerprint density at radius 2 is 2.37 bits per heavy atom. The molecule has 0 aliphatic carbocycles. The van der Waals surface area contributed by atoms with Gasteiger partial charge in [0.05, 0.1) is 4.92 Å². The summed E-state index contributed by atoms with van der Waals surface area (Å²) in [7, 11) is 0. The van der Waals surface area contributed by atoms with Gasteiger partial charge in [-0.1, -0.05) is 0 Å². The van der Waals surface area contributed by atoms with Gasteiger partial charge >= 0.3 is 6.08 Å². The monoisotopic (exact) mass is 285 g/mol. The third kappa shape index (κ3) is 2.77. The van der Waals surface area contributed by atoms with Gasteiger partial charge in [-0.05, 0) is 19.0 Å². The molecule has 0 spiro atoms. The van der Waals surface area contributed by atoms with Crippen LogP contribution in [0.1, 0.15) is 6.42 Å². The van der Waals surface area contributed by atoms with Crippen LogP contribution in [0.25, 0.3) is 11.1 Å². The normalized spacial score (nSPS) is 18.2. The first-order chi connectivity index (χ1) is 8.72. The third-order valence-electron chi connectivity index (χ3n) is 2.84. The minimum Gasteiger partial charge on any atom is -0.445 e. The number of halogens is 1. The molecule has 1 fully saturated rings. The highest BCUT2D eigenvalue weighted by molar-refractivity contribution is 5.85. The highest BCUT2D eigenvalue weighted by Gasteiger charge is 2.19. The van der Waals surface area contributed by atoms with E-state index in [9.17, 15) is 10.1 Å². The fourth-order valence-electron chi connectivity index (χ4n) is 1.93. The largest absolute Gasteiger partial charge is 0.445 e. The predicted molar refractivity (Wildman–Crippen MR) is 69.8 cm³/mol. The van der Waals surface area contributed by atoms with Gasteiger partial charge in [-0.25, -0.2) is 0 Å². The quantitative estimate of drug-likeness (QED) is 0.684. The molecule has 2 aromatic rings. The van der Waals surface area contributed by atoms with Crippen LogP contribution in [0.5, 0.6) is 6.08 Å². The zero-order valence-corrected chi connectivity index (χ0v) is 10.7. The highest BCUT2D eigenvalue weighted by Crippen LogP contribution is 2.25. The molecule has 7 nitrogen and oxygen atoms in total. The molecule has 1 aliphatic heterocycles. The van der Waals surface area contributed by atoms with Crippen LogP contribution in [0, 0.1) is 10.1 Å². The predicted octanol–water partition coefficient (Wildman–Crippen LogP) is 1.90. The first-order valence-electron chi connectivity index (χ1n) is 5.65. The first kappa shape index (κ1) is 13.6. The van der Waals surface area contributed by atoms with Crippen molar-refractivity contribution >= 4 is 29.2 Å². The maximum atomic E-state index is 10.6. The second-order valence-electron chi connectivity index (χ2n) is 4.12. The van der Waals surface area contributed by atoms with Crippen molar-refractivity contribution in [3.63, 3.8) is 0 Å². The van der Waals surface area contributed by atoms with Gasteiger partial charge in [-0.15, -0.1) is 12.4 Å². The molecule has 1 saturated heterocycles. The molecule has 1 aromatic heterocycles. The van der Waals surface area contributed by atoms with Crippen LogP contribution < -0.4 is 10.1 Å². The number of non-ortho nitro benzene ring substituents is 1. The molecular weight excluding hydrogens is 274 g/mol. The number of nitro groups is 1. The number of nitrogens with zero attached hydrogens (tertiary/aromatic N) is 2. The highest BCUT2D eigenvalue weighted by atomic mass is 35.5. The smallest absolute Gasteiger partial charge is 0.394 e. The van der Waals surface area contributed by atoms with E-state index < -0.39 is 4.92 Å². The zero-order valence-electron chi connectivity index (χ0n) is 9.87. The number of hydrogen-bond acceptors (Lipinski definition) is 6. The van der Waals surface area contributed by atoms with Gasteiger partial charge in [0.25, 0.3) is 5.69 Å². The average Bonchev–Trinajstić information content (AvgIpc) is 2.96. The van der Waals surface area contributed by atoms with E-state index in [-0.39, 0.29) is 30.3 Å². The lowest BCUT2D eigenvalue weighted by Gasteiger charge is -2.06. The van der Waals surface area contributed by atoms with Crippen molar-refractivity contribution in [1.29, 1.82) is 0 Å². The van der Waals surface area contributed by atoms with Gasteiger partial charge in [-0.3, -0.25) is 10.1 Å². The van der Waals surface area contributed by atoms with E-state index in [1.165, 1.54) is 18.2 Å². The molecule has 0 radical (unpaired) electrons. The van der Waals surface area contributed by atoms with Gasteiger partial charge in [0.2, 0.25) is 0 Å². The molecule has 19 heavy (non-hydrogen) atoms. The molecule has 0 bridgehead atoms. The molecule has 0 amide bonds. The van der Waals surface area contributed by atoms with Crippen LogP contribution >= 0.6 is 12.4 Å². The van der Waals surface area contributed by atoms with E-state index in [0.717, 1.165) is 19.5 Å². The first-order valence-corrected chi connectivity index (χ1v) is 5.65. The fraction of sp³-hybridized carbons (Fsp3) is 0.364. The topological polar surface area (TPSA) is 90.4 Å². The minimum absolute atomic E-state index is 0. The summed E-state index contributed by atoms with van der Waals surface area (Å²) in [5, 5.41) is 13.8. The number of aromatic nitrogens is 1. The summed E-state index contributed by atoms with van der Waals surface area (Å²) >= 11 is 0. The summed E-state index contributed by atoms with van der Waals surface area (Å²) < 4.78 is 10.9. The maximum Gasteiger partial charge on any atom is 0.394 e. The minimum atomic E-state index is -0.463. The number of benzene rings is 1. The lowest BCUT2D eigenvalue weighted by molar-refractivity contribution is -0.384. The molecule has 0 unspecified atom stereocenters. The number of hydrogen-bond donors (Lipinski definition) is 1. The van der Waals surface area contributed by atoms with E-state index in [4.69, 9.17) is 9.15 Å². The maximum absolute atomic E-state index is 10.6. The lowest BCUT2D eigenvalue weighted by Crippen LogP contribution is -2.19. The van der Waals surface area contributed by atoms with E-state index in [2.05, 4.69) is 10.3 Å². The molecule has 8 heteroatoms. The van der Waals surface area contributed by atoms with Crippen molar-refractivity contribution < 1.29 is 14.1 Å². The third-order valence-corrected chi connectivity index (χ3v) is 2.84. The van der Waals surface area contributed by atoms with Crippen LogP contribution in [0.2, 0.25) is 0 Å². The summed E-state index contributed by atoms with van der Waals surface area (Å²) in [6.07, 6.45) is 1.12. The Balaban J connectivity index is 0.00000133. The zero-order chi connectivity index (χ0) is 12.5. The van der Waals surface area contributed by atoms with Crippen molar-refractivity contribution in [3.8, 4) is 6.08 Å². The Bertz CT molecular complexity index is 595. The molecule has 1 aliphatic rings. The Hall–Kier alpha value is -1.86. The van der Waals surface area contributed by atoms with Crippen LogP contribution in [-0.4, -0.2) is 29.1 Å². The summed E-state index contributed by atoms with van der Waals surface area (Å²) in [5.41, 5.74) is 0.914. The number of oxazole rings is 1. The van der Waals surface area contributed by atoms with Crippen molar-refractivity contribution in [2.45, 2.75) is 12.5 Å². The van der Waals surface area contributed by atoms with Gasteiger partial charge < -0.3 is 14.5 Å². The molecule has 1 aromatic carbocycles. The molecule has 0 saturated carbocycles. The standard InChI is InChI=1S/C11H11N3O4.ClH/c15-14(16)7-1-2-10-9(5-7)13-11(18-10)17-8-3-4-12-6-8;/h1-2,5,8,12H,3-4,6H2;1H/t8-;/m1./s1. The van der Waals surface area contributed by atoms with Gasteiger partial charge in [-0.2, -0.15) is 4.98 Å². The number of nitrogens with one attached hydrogen (secondary N) is 1. The molecule has 1 atom stereocenters. The van der Waals surface area contributed by atoms with E-state index in [1.807, 2.05) is 0 Å². The van der Waals surface area contributed by atoms with Crippen LogP contribution in [0.15, 0.2) is 22.6 Å². The number of rotatable bonds is 3. The molecule has 3 rings (SSSR count). The summed E-state index contributed by atoms with van der Waals surface area (Å²) in [4.78, 5) is 14.3. The SMILES string of the molecule is Cl.O=[N+]([O-])c1ccc2oc(O[C@@H]3CCNC3)nc2c1. The Morgan fingerprint density at radius 3 is 3.05 bits per heavy atom. The van der Waals surface area contributed by atoms with Crippen molar-refractivity contribution in [3.05, 3.63) is 28.3 Å². The number of ether oxygens (including phenoxy) is 1. The lowest BCUT2D eigenvalue weighted by atomic mass is 10.3. The average molecular weight is 286 g/mol. The Kier molecular flexibility index (Phi) is 3.87. The van der Waals surface area contributed by atoms with Crippen LogP contribution in [0.4, 0.5) is 5.69 Å². The molecule has 2 heterocycles. The Labute approximate surface area is 114 Å². The van der Waals surface area contributed by atoms with Crippen molar-refractivity contribution in [2.75, 3.05) is 13.1 Å². The molecule has 102 valence electrons. The summed E-state index contributed by atoms with van der Waals surface area (Å²) in [5.74, 6) is 0. The van der Waals surface area contributed by atoms with E-state index in [0.29, 0.717) is 11.1 Å². The summed E-state index contributed by atoms with van der Waals surface area (Å²) in [6, 6.07) is 4.28. The van der Waals surface area contributed by atoms with Gasteiger partial charge in [0, 0.05) is 18.7 Å². The van der Waals surface area contributed by atoms with Crippen LogP contribution in [0.3, 0.4) is 0 Å². The molecule has 1 N–H and O–H groups in total. The second-order valence-corrected chi connectivity index (χ2v) is 4.12. The Morgan fingerprint density at radius 1 is 1.53 bits per heavy atom. The van der Waals surface area contributed by atoms with E-state index in [1.54, 1.807) is 0 Å². The van der Waals surface area contributed by atoms with Crippen molar-refractivity contribution in [2.24, 2.45) is 0 Å². The second kappa shape index (κ2) is 5.41. The van der Waals surface area contributed by atoms with Crippen LogP contribution in [-0.2, 0) is 0 Å². The van der Waals surface area contributed by atoms with Gasteiger partial charge in [0.15, 0.2) is 5.58 Å².